The van der Waals surface area contributed by atoms with Crippen molar-refractivity contribution in [2.75, 3.05) is 5.32 Å². The molecule has 4 nitrogen and oxygen atoms in total. The van der Waals surface area contributed by atoms with Gasteiger partial charge in [0, 0.05) is 15.9 Å². The summed E-state index contributed by atoms with van der Waals surface area (Å²) in [5.41, 5.74) is 1.03. The first-order chi connectivity index (χ1) is 13.3. The molecule has 0 aliphatic heterocycles. The number of rotatable bonds is 3. The molecule has 0 aliphatic rings. The molecule has 2 heterocycles. The molecule has 0 spiro atoms. The molecule has 0 aliphatic carbocycles. The lowest BCUT2D eigenvalue weighted by molar-refractivity contribution is -0.137. The van der Waals surface area contributed by atoms with Crippen LogP contribution in [-0.2, 0) is 6.18 Å². The van der Waals surface area contributed by atoms with Gasteiger partial charge in [0.05, 0.1) is 10.9 Å². The molecule has 0 saturated carbocycles. The molecule has 0 atom stereocenters. The van der Waals surface area contributed by atoms with Crippen molar-refractivity contribution in [3.8, 4) is 11.3 Å². The van der Waals surface area contributed by atoms with Gasteiger partial charge in [0.2, 0.25) is 0 Å². The van der Waals surface area contributed by atoms with E-state index in [-0.39, 0.29) is 11.5 Å². The van der Waals surface area contributed by atoms with Crippen LogP contribution < -0.4 is 5.32 Å². The Labute approximate surface area is 164 Å². The summed E-state index contributed by atoms with van der Waals surface area (Å²) in [5, 5.41) is 3.32. The van der Waals surface area contributed by atoms with Crippen LogP contribution in [0.5, 0.6) is 0 Å². The predicted molar refractivity (Wildman–Crippen MR) is 102 cm³/mol. The highest BCUT2D eigenvalue weighted by Gasteiger charge is 2.31. The fourth-order valence-electron chi connectivity index (χ4n) is 2.79. The zero-order chi connectivity index (χ0) is 19.9. The van der Waals surface area contributed by atoms with E-state index in [0.29, 0.717) is 17.1 Å². The second-order valence-electron chi connectivity index (χ2n) is 6.03. The van der Waals surface area contributed by atoms with E-state index in [1.165, 1.54) is 6.33 Å². The van der Waals surface area contributed by atoms with Crippen molar-refractivity contribution in [3.05, 3.63) is 70.7 Å². The summed E-state index contributed by atoms with van der Waals surface area (Å²) in [7, 11) is 0. The van der Waals surface area contributed by atoms with Crippen LogP contribution in [0.3, 0.4) is 0 Å². The lowest BCUT2D eigenvalue weighted by atomic mass is 10.1. The van der Waals surface area contributed by atoms with Crippen LogP contribution in [0, 0.1) is 5.82 Å². The third kappa shape index (κ3) is 3.70. The minimum absolute atomic E-state index is 0.0567. The van der Waals surface area contributed by atoms with E-state index in [1.807, 2.05) is 24.3 Å². The maximum atomic E-state index is 13.6. The SMILES string of the molecule is Fc1cc(Nc2ncnc3[nH]c(-c4ccc(Br)cc4)cc23)cc(C(F)(F)F)c1. The Morgan fingerprint density at radius 2 is 1.71 bits per heavy atom. The van der Waals surface area contributed by atoms with Crippen LogP contribution in [0.4, 0.5) is 29.1 Å². The Morgan fingerprint density at radius 3 is 2.43 bits per heavy atom. The molecule has 2 N–H and O–H groups in total. The zero-order valence-corrected chi connectivity index (χ0v) is 15.6. The van der Waals surface area contributed by atoms with Crippen molar-refractivity contribution in [2.24, 2.45) is 0 Å². The summed E-state index contributed by atoms with van der Waals surface area (Å²) in [6, 6.07) is 11.6. The highest BCUT2D eigenvalue weighted by molar-refractivity contribution is 9.10. The number of anilines is 2. The monoisotopic (exact) mass is 450 g/mol. The van der Waals surface area contributed by atoms with Gasteiger partial charge in [-0.1, -0.05) is 28.1 Å². The first-order valence-electron chi connectivity index (χ1n) is 8.04. The quantitative estimate of drug-likeness (QED) is 0.360. The third-order valence-electron chi connectivity index (χ3n) is 4.07. The minimum Gasteiger partial charge on any atom is -0.339 e. The summed E-state index contributed by atoms with van der Waals surface area (Å²) in [4.78, 5) is 11.4. The van der Waals surface area contributed by atoms with Gasteiger partial charge in [0.25, 0.3) is 0 Å². The van der Waals surface area contributed by atoms with Gasteiger partial charge in [-0.05, 0) is 42.0 Å². The number of hydrogen-bond donors (Lipinski definition) is 2. The van der Waals surface area contributed by atoms with Crippen molar-refractivity contribution in [1.29, 1.82) is 0 Å². The van der Waals surface area contributed by atoms with Gasteiger partial charge >= 0.3 is 6.18 Å². The average molecular weight is 451 g/mol. The van der Waals surface area contributed by atoms with Gasteiger partial charge in [0.15, 0.2) is 0 Å². The third-order valence-corrected chi connectivity index (χ3v) is 4.60. The highest BCUT2D eigenvalue weighted by atomic mass is 79.9. The molecule has 2 aromatic heterocycles. The van der Waals surface area contributed by atoms with E-state index < -0.39 is 17.6 Å². The molecule has 0 saturated heterocycles. The molecule has 28 heavy (non-hydrogen) atoms. The summed E-state index contributed by atoms with van der Waals surface area (Å²) < 4.78 is 53.4. The molecule has 0 fully saturated rings. The van der Waals surface area contributed by atoms with Gasteiger partial charge in [0.1, 0.15) is 23.6 Å². The van der Waals surface area contributed by atoms with Crippen molar-refractivity contribution in [1.82, 2.24) is 15.0 Å². The predicted octanol–water partition coefficient (Wildman–Crippen LogP) is 6.29. The molecule has 9 heteroatoms. The van der Waals surface area contributed by atoms with Crippen molar-refractivity contribution >= 4 is 38.5 Å². The van der Waals surface area contributed by atoms with E-state index in [1.54, 1.807) is 6.07 Å². The van der Waals surface area contributed by atoms with E-state index in [0.717, 1.165) is 27.9 Å². The topological polar surface area (TPSA) is 53.6 Å². The number of alkyl halides is 3. The number of nitrogens with zero attached hydrogens (tertiary/aromatic N) is 2. The van der Waals surface area contributed by atoms with Gasteiger partial charge in [-0.15, -0.1) is 0 Å². The molecule has 0 amide bonds. The Bertz CT molecular complexity index is 1150. The summed E-state index contributed by atoms with van der Waals surface area (Å²) in [6.45, 7) is 0. The minimum atomic E-state index is -4.65. The number of halogens is 5. The number of nitrogens with one attached hydrogen (secondary N) is 2. The summed E-state index contributed by atoms with van der Waals surface area (Å²) in [6.07, 6.45) is -3.38. The number of aromatic nitrogens is 3. The highest BCUT2D eigenvalue weighted by Crippen LogP contribution is 2.34. The van der Waals surface area contributed by atoms with Crippen molar-refractivity contribution < 1.29 is 17.6 Å². The molecule has 4 rings (SSSR count). The van der Waals surface area contributed by atoms with Crippen LogP contribution in [0.25, 0.3) is 22.3 Å². The Balaban J connectivity index is 1.74. The molecule has 2 aromatic carbocycles. The molecular formula is C19H11BrF4N4. The van der Waals surface area contributed by atoms with Crippen LogP contribution in [-0.4, -0.2) is 15.0 Å². The fraction of sp³-hybridized carbons (Fsp3) is 0.0526. The lowest BCUT2D eigenvalue weighted by Crippen LogP contribution is -2.06. The largest absolute Gasteiger partial charge is 0.416 e. The van der Waals surface area contributed by atoms with Gasteiger partial charge in [-0.3, -0.25) is 0 Å². The van der Waals surface area contributed by atoms with Crippen molar-refractivity contribution in [3.63, 3.8) is 0 Å². The van der Waals surface area contributed by atoms with E-state index in [9.17, 15) is 17.6 Å². The number of hydrogen-bond acceptors (Lipinski definition) is 3. The maximum Gasteiger partial charge on any atom is 0.416 e. The van der Waals surface area contributed by atoms with Crippen molar-refractivity contribution in [2.45, 2.75) is 6.18 Å². The average Bonchev–Trinajstić information content (AvgIpc) is 3.06. The van der Waals surface area contributed by atoms with Crippen LogP contribution in [0.15, 0.2) is 59.3 Å². The van der Waals surface area contributed by atoms with Crippen LogP contribution in [0.1, 0.15) is 5.56 Å². The van der Waals surface area contributed by atoms with Gasteiger partial charge in [-0.2, -0.15) is 13.2 Å². The zero-order valence-electron chi connectivity index (χ0n) is 14.0. The second kappa shape index (κ2) is 6.90. The molecule has 0 radical (unpaired) electrons. The van der Waals surface area contributed by atoms with Crippen LogP contribution >= 0.6 is 15.9 Å². The molecule has 142 valence electrons. The summed E-state index contributed by atoms with van der Waals surface area (Å²) in [5.74, 6) is -0.726. The van der Waals surface area contributed by atoms with Gasteiger partial charge in [-0.25, -0.2) is 14.4 Å². The molecule has 0 bridgehead atoms. The smallest absolute Gasteiger partial charge is 0.339 e. The first kappa shape index (κ1) is 18.4. The van der Waals surface area contributed by atoms with E-state index >= 15 is 0 Å². The first-order valence-corrected chi connectivity index (χ1v) is 8.83. The lowest BCUT2D eigenvalue weighted by Gasteiger charge is -2.11. The fourth-order valence-corrected chi connectivity index (χ4v) is 3.05. The van der Waals surface area contributed by atoms with Crippen LogP contribution in [0.2, 0.25) is 0 Å². The number of H-pyrrole nitrogens is 1. The number of fused-ring (bicyclic) bond motifs is 1. The van der Waals surface area contributed by atoms with E-state index in [4.69, 9.17) is 0 Å². The number of aromatic amines is 1. The maximum absolute atomic E-state index is 13.6. The Morgan fingerprint density at radius 1 is 0.964 bits per heavy atom. The molecule has 0 unspecified atom stereocenters. The van der Waals surface area contributed by atoms with E-state index in [2.05, 4.69) is 36.2 Å². The number of benzene rings is 2. The Kier molecular flexibility index (Phi) is 4.54. The van der Waals surface area contributed by atoms with Gasteiger partial charge < -0.3 is 10.3 Å². The normalized spacial score (nSPS) is 11.8. The summed E-state index contributed by atoms with van der Waals surface area (Å²) >= 11 is 3.37. The Hall–Kier alpha value is -2.94. The second-order valence-corrected chi connectivity index (χ2v) is 6.94. The standard InChI is InChI=1S/C19H11BrF4N4/c20-12-3-1-10(2-4-12)16-8-15-17(25-9-26-18(15)28-16)27-14-6-11(19(22,23)24)5-13(21)7-14/h1-9H,(H2,25,26,27,28). The molecule has 4 aromatic rings. The molecular weight excluding hydrogens is 440 g/mol.